The summed E-state index contributed by atoms with van der Waals surface area (Å²) in [6, 6.07) is 6.54. The summed E-state index contributed by atoms with van der Waals surface area (Å²) in [7, 11) is -1.81. The summed E-state index contributed by atoms with van der Waals surface area (Å²) >= 11 is 0. The summed E-state index contributed by atoms with van der Waals surface area (Å²) in [5.74, 6) is 0.414. The van der Waals surface area contributed by atoms with Gasteiger partial charge in [-0.1, -0.05) is 24.3 Å². The van der Waals surface area contributed by atoms with E-state index in [0.29, 0.717) is 6.54 Å². The quantitative estimate of drug-likeness (QED) is 0.804. The lowest BCUT2D eigenvalue weighted by atomic mass is 10.2. The molecular weight excluding hydrogens is 292 g/mol. The standard InChI is InChI=1S/C14H18N2O4S/c1-20-12-7-5-11(6-8-12)10-15-14(17)13-4-3-9-16(13)21(2,18)19/h3-8,13H,9-10H2,1-2H3,(H,15,17)/t13-/m1/s1. The number of nitrogens with zero attached hydrogens (tertiary/aromatic N) is 1. The number of sulfonamides is 1. The highest BCUT2D eigenvalue weighted by Gasteiger charge is 2.32. The van der Waals surface area contributed by atoms with Crippen LogP contribution in [-0.2, 0) is 21.4 Å². The molecule has 1 N–H and O–H groups in total. The van der Waals surface area contributed by atoms with Gasteiger partial charge < -0.3 is 10.1 Å². The van der Waals surface area contributed by atoms with Crippen molar-refractivity contribution in [3.05, 3.63) is 42.0 Å². The minimum atomic E-state index is -3.40. The van der Waals surface area contributed by atoms with Crippen molar-refractivity contribution in [2.45, 2.75) is 12.6 Å². The van der Waals surface area contributed by atoms with Crippen LogP contribution in [0.15, 0.2) is 36.4 Å². The second kappa shape index (κ2) is 6.28. The number of rotatable bonds is 5. The number of benzene rings is 1. The first-order valence-electron chi connectivity index (χ1n) is 6.46. The molecule has 0 saturated heterocycles. The summed E-state index contributed by atoms with van der Waals surface area (Å²) in [6.45, 7) is 0.574. The molecular formula is C14H18N2O4S. The van der Waals surface area contributed by atoms with Gasteiger partial charge in [-0.25, -0.2) is 8.42 Å². The summed E-state index contributed by atoms with van der Waals surface area (Å²) in [4.78, 5) is 12.1. The molecule has 1 aliphatic heterocycles. The van der Waals surface area contributed by atoms with Crippen molar-refractivity contribution < 1.29 is 17.9 Å². The third-order valence-corrected chi connectivity index (χ3v) is 4.46. The molecule has 0 unspecified atom stereocenters. The molecule has 7 heteroatoms. The first-order chi connectivity index (χ1) is 9.91. The second-order valence-corrected chi connectivity index (χ2v) is 6.71. The smallest absolute Gasteiger partial charge is 0.242 e. The Hall–Kier alpha value is -1.86. The van der Waals surface area contributed by atoms with Gasteiger partial charge in [0.1, 0.15) is 11.8 Å². The van der Waals surface area contributed by atoms with Gasteiger partial charge in [-0.2, -0.15) is 4.31 Å². The number of hydrogen-bond acceptors (Lipinski definition) is 4. The fraction of sp³-hybridized carbons (Fsp3) is 0.357. The minimum Gasteiger partial charge on any atom is -0.497 e. The largest absolute Gasteiger partial charge is 0.497 e. The Labute approximate surface area is 124 Å². The molecule has 1 amide bonds. The zero-order valence-electron chi connectivity index (χ0n) is 11.9. The molecule has 0 aliphatic carbocycles. The van der Waals surface area contributed by atoms with Gasteiger partial charge in [-0.05, 0) is 17.7 Å². The first-order valence-corrected chi connectivity index (χ1v) is 8.31. The Balaban J connectivity index is 1.96. The van der Waals surface area contributed by atoms with E-state index in [1.165, 1.54) is 0 Å². The Morgan fingerprint density at radius 1 is 1.38 bits per heavy atom. The highest BCUT2D eigenvalue weighted by atomic mass is 32.2. The fourth-order valence-corrected chi connectivity index (χ4v) is 3.04. The van der Waals surface area contributed by atoms with Gasteiger partial charge >= 0.3 is 0 Å². The summed E-state index contributed by atoms with van der Waals surface area (Å²) in [5, 5.41) is 2.74. The van der Waals surface area contributed by atoms with Crippen LogP contribution in [-0.4, -0.2) is 44.6 Å². The van der Waals surface area contributed by atoms with Crippen molar-refractivity contribution in [2.24, 2.45) is 0 Å². The van der Waals surface area contributed by atoms with E-state index < -0.39 is 16.1 Å². The predicted octanol–water partition coefficient (Wildman–Crippen LogP) is 0.511. The molecule has 1 atom stereocenters. The lowest BCUT2D eigenvalue weighted by Crippen LogP contribution is -2.45. The number of ether oxygens (including phenoxy) is 1. The molecule has 114 valence electrons. The van der Waals surface area contributed by atoms with Crippen LogP contribution in [0.5, 0.6) is 5.75 Å². The van der Waals surface area contributed by atoms with Crippen molar-refractivity contribution in [1.82, 2.24) is 9.62 Å². The van der Waals surface area contributed by atoms with E-state index in [-0.39, 0.29) is 12.5 Å². The summed E-state index contributed by atoms with van der Waals surface area (Å²) in [6.07, 6.45) is 4.38. The Morgan fingerprint density at radius 2 is 2.05 bits per heavy atom. The van der Waals surface area contributed by atoms with Crippen LogP contribution < -0.4 is 10.1 Å². The number of nitrogens with one attached hydrogen (secondary N) is 1. The highest BCUT2D eigenvalue weighted by molar-refractivity contribution is 7.88. The lowest BCUT2D eigenvalue weighted by molar-refractivity contribution is -0.123. The molecule has 6 nitrogen and oxygen atoms in total. The second-order valence-electron chi connectivity index (χ2n) is 4.77. The van der Waals surface area contributed by atoms with Crippen molar-refractivity contribution in [2.75, 3.05) is 19.9 Å². The van der Waals surface area contributed by atoms with E-state index in [1.54, 1.807) is 31.4 Å². The van der Waals surface area contributed by atoms with Crippen LogP contribution >= 0.6 is 0 Å². The first kappa shape index (κ1) is 15.5. The van der Waals surface area contributed by atoms with Gasteiger partial charge in [0.15, 0.2) is 0 Å². The van der Waals surface area contributed by atoms with Crippen molar-refractivity contribution in [1.29, 1.82) is 0 Å². The van der Waals surface area contributed by atoms with E-state index in [9.17, 15) is 13.2 Å². The normalized spacial score (nSPS) is 18.7. The average Bonchev–Trinajstić information content (AvgIpc) is 2.95. The van der Waals surface area contributed by atoms with Gasteiger partial charge in [-0.3, -0.25) is 4.79 Å². The van der Waals surface area contributed by atoms with Crippen LogP contribution in [0.25, 0.3) is 0 Å². The van der Waals surface area contributed by atoms with E-state index in [1.807, 2.05) is 12.1 Å². The number of carbonyl (C=O) groups is 1. The Bertz CT molecular complexity index is 637. The van der Waals surface area contributed by atoms with E-state index >= 15 is 0 Å². The number of carbonyl (C=O) groups excluding carboxylic acids is 1. The van der Waals surface area contributed by atoms with Crippen LogP contribution in [0.3, 0.4) is 0 Å². The average molecular weight is 310 g/mol. The molecule has 21 heavy (non-hydrogen) atoms. The molecule has 0 spiro atoms. The number of hydrogen-bond donors (Lipinski definition) is 1. The van der Waals surface area contributed by atoms with Crippen LogP contribution in [0.2, 0.25) is 0 Å². The zero-order valence-corrected chi connectivity index (χ0v) is 12.8. The monoisotopic (exact) mass is 310 g/mol. The molecule has 1 heterocycles. The SMILES string of the molecule is COc1ccc(CNC(=O)[C@H]2C=CCN2S(C)(=O)=O)cc1. The van der Waals surface area contributed by atoms with Gasteiger partial charge in [0.2, 0.25) is 15.9 Å². The third kappa shape index (κ3) is 3.83. The zero-order chi connectivity index (χ0) is 15.5. The minimum absolute atomic E-state index is 0.236. The lowest BCUT2D eigenvalue weighted by Gasteiger charge is -2.21. The Morgan fingerprint density at radius 3 is 2.62 bits per heavy atom. The maximum absolute atomic E-state index is 12.1. The fourth-order valence-electron chi connectivity index (χ4n) is 2.10. The number of amides is 1. The molecule has 1 aliphatic rings. The molecule has 0 bridgehead atoms. The maximum Gasteiger partial charge on any atom is 0.242 e. The molecule has 1 aromatic carbocycles. The van der Waals surface area contributed by atoms with Gasteiger partial charge in [0.05, 0.1) is 13.4 Å². The summed E-state index contributed by atoms with van der Waals surface area (Å²) in [5.41, 5.74) is 0.914. The van der Waals surface area contributed by atoms with Crippen LogP contribution in [0.1, 0.15) is 5.56 Å². The molecule has 1 aromatic rings. The third-order valence-electron chi connectivity index (χ3n) is 3.23. The molecule has 0 fully saturated rings. The maximum atomic E-state index is 12.1. The van der Waals surface area contributed by atoms with Gasteiger partial charge in [0.25, 0.3) is 0 Å². The molecule has 0 aromatic heterocycles. The van der Waals surface area contributed by atoms with Crippen LogP contribution in [0.4, 0.5) is 0 Å². The predicted molar refractivity (Wildman–Crippen MR) is 79.3 cm³/mol. The van der Waals surface area contributed by atoms with Gasteiger partial charge in [0, 0.05) is 13.1 Å². The molecule has 0 saturated carbocycles. The van der Waals surface area contributed by atoms with Crippen LogP contribution in [0, 0.1) is 0 Å². The Kier molecular flexibility index (Phi) is 4.64. The van der Waals surface area contributed by atoms with Crippen molar-refractivity contribution >= 4 is 15.9 Å². The summed E-state index contributed by atoms with van der Waals surface area (Å²) < 4.78 is 29.4. The van der Waals surface area contributed by atoms with Crippen molar-refractivity contribution in [3.8, 4) is 5.75 Å². The molecule has 2 rings (SSSR count). The molecule has 0 radical (unpaired) electrons. The highest BCUT2D eigenvalue weighted by Crippen LogP contribution is 2.15. The van der Waals surface area contributed by atoms with Crippen molar-refractivity contribution in [3.63, 3.8) is 0 Å². The topological polar surface area (TPSA) is 75.7 Å². The van der Waals surface area contributed by atoms with Gasteiger partial charge in [-0.15, -0.1) is 0 Å². The van der Waals surface area contributed by atoms with E-state index in [2.05, 4.69) is 5.32 Å². The van der Waals surface area contributed by atoms with E-state index in [0.717, 1.165) is 21.9 Å². The van der Waals surface area contributed by atoms with E-state index in [4.69, 9.17) is 4.74 Å². The number of methoxy groups -OCH3 is 1.